The van der Waals surface area contributed by atoms with E-state index in [-0.39, 0.29) is 17.2 Å². The molecule has 0 radical (unpaired) electrons. The van der Waals surface area contributed by atoms with E-state index in [0.29, 0.717) is 0 Å². The lowest BCUT2D eigenvalue weighted by molar-refractivity contribution is -0.144. The van der Waals surface area contributed by atoms with Crippen LogP contribution < -0.4 is 5.32 Å². The number of phenols is 2. The Morgan fingerprint density at radius 2 is 1.84 bits per heavy atom. The number of carbonyl (C=O) groups is 2. The van der Waals surface area contributed by atoms with Crippen molar-refractivity contribution in [2.75, 3.05) is 7.11 Å². The molecule has 0 aliphatic rings. The summed E-state index contributed by atoms with van der Waals surface area (Å²) in [5.74, 6) is -1.91. The van der Waals surface area contributed by atoms with Crippen LogP contribution in [-0.2, 0) is 9.53 Å². The van der Waals surface area contributed by atoms with E-state index in [1.807, 2.05) is 0 Å². The first-order valence-electron chi connectivity index (χ1n) is 5.77. The summed E-state index contributed by atoms with van der Waals surface area (Å²) < 4.78 is 4.61. The molecule has 3 N–H and O–H groups in total. The van der Waals surface area contributed by atoms with Gasteiger partial charge in [0.15, 0.2) is 11.5 Å². The highest BCUT2D eigenvalue weighted by atomic mass is 16.5. The number of aromatic hydroxyl groups is 2. The van der Waals surface area contributed by atoms with Crippen LogP contribution in [0.15, 0.2) is 18.2 Å². The third-order valence-electron chi connectivity index (χ3n) is 2.65. The van der Waals surface area contributed by atoms with Crippen LogP contribution in [0.3, 0.4) is 0 Å². The van der Waals surface area contributed by atoms with Crippen molar-refractivity contribution in [1.82, 2.24) is 5.32 Å². The molecule has 0 saturated carbocycles. The first-order valence-corrected chi connectivity index (χ1v) is 5.77. The minimum absolute atomic E-state index is 0.137. The summed E-state index contributed by atoms with van der Waals surface area (Å²) in [6, 6.07) is 2.90. The van der Waals surface area contributed by atoms with Gasteiger partial charge in [-0.15, -0.1) is 0 Å². The SMILES string of the molecule is COC(=O)C(NC(=O)c1ccc(O)c(O)c1)C(C)C. The van der Waals surface area contributed by atoms with Gasteiger partial charge in [-0.1, -0.05) is 13.8 Å². The molecular formula is C13H17NO5. The van der Waals surface area contributed by atoms with E-state index < -0.39 is 23.7 Å². The molecule has 0 heterocycles. The summed E-state index contributed by atoms with van der Waals surface area (Å²) in [5.41, 5.74) is 0.143. The average Bonchev–Trinajstić information content (AvgIpc) is 2.37. The number of methoxy groups -OCH3 is 1. The number of benzene rings is 1. The standard InChI is InChI=1S/C13H17NO5/c1-7(2)11(13(18)19-3)14-12(17)8-4-5-9(15)10(16)6-8/h4-7,11,15-16H,1-3H3,(H,14,17). The zero-order valence-corrected chi connectivity index (χ0v) is 11.0. The quantitative estimate of drug-likeness (QED) is 0.559. The van der Waals surface area contributed by atoms with E-state index in [0.717, 1.165) is 6.07 Å². The number of carbonyl (C=O) groups excluding carboxylic acids is 2. The Labute approximate surface area is 111 Å². The first-order chi connectivity index (χ1) is 8.86. The minimum atomic E-state index is -0.770. The topological polar surface area (TPSA) is 95.9 Å². The maximum Gasteiger partial charge on any atom is 0.328 e. The van der Waals surface area contributed by atoms with Gasteiger partial charge in [-0.3, -0.25) is 4.79 Å². The van der Waals surface area contributed by atoms with Gasteiger partial charge in [-0.2, -0.15) is 0 Å². The van der Waals surface area contributed by atoms with Crippen LogP contribution in [0.4, 0.5) is 0 Å². The number of rotatable bonds is 4. The van der Waals surface area contributed by atoms with Gasteiger partial charge in [0.05, 0.1) is 7.11 Å². The first kappa shape index (κ1) is 14.8. The summed E-state index contributed by atoms with van der Waals surface area (Å²) >= 11 is 0. The summed E-state index contributed by atoms with van der Waals surface area (Å²) in [4.78, 5) is 23.4. The molecule has 104 valence electrons. The Bertz CT molecular complexity index is 484. The van der Waals surface area contributed by atoms with Gasteiger partial charge in [0.1, 0.15) is 6.04 Å². The summed E-state index contributed by atoms with van der Waals surface area (Å²) in [6.45, 7) is 3.55. The molecule has 0 aliphatic heterocycles. The fraction of sp³-hybridized carbons (Fsp3) is 0.385. The molecule has 0 bridgehead atoms. The average molecular weight is 267 g/mol. The highest BCUT2D eigenvalue weighted by Gasteiger charge is 2.25. The van der Waals surface area contributed by atoms with Crippen LogP contribution in [-0.4, -0.2) is 35.2 Å². The molecule has 1 amide bonds. The summed E-state index contributed by atoms with van der Waals surface area (Å²) in [5, 5.41) is 21.0. The molecule has 0 saturated heterocycles. The van der Waals surface area contributed by atoms with Gasteiger partial charge in [-0.25, -0.2) is 4.79 Å². The molecule has 6 heteroatoms. The fourth-order valence-electron chi connectivity index (χ4n) is 1.51. The van der Waals surface area contributed by atoms with E-state index in [4.69, 9.17) is 5.11 Å². The van der Waals surface area contributed by atoms with Crippen LogP contribution in [0.5, 0.6) is 11.5 Å². The third-order valence-corrected chi connectivity index (χ3v) is 2.65. The number of hydrogen-bond acceptors (Lipinski definition) is 5. The van der Waals surface area contributed by atoms with Crippen molar-refractivity contribution in [3.63, 3.8) is 0 Å². The molecule has 6 nitrogen and oxygen atoms in total. The fourth-order valence-corrected chi connectivity index (χ4v) is 1.51. The van der Waals surface area contributed by atoms with Crippen molar-refractivity contribution in [2.24, 2.45) is 5.92 Å². The Morgan fingerprint density at radius 1 is 1.21 bits per heavy atom. The maximum atomic E-state index is 11.9. The van der Waals surface area contributed by atoms with Crippen molar-refractivity contribution in [1.29, 1.82) is 0 Å². The van der Waals surface area contributed by atoms with Gasteiger partial charge in [0.2, 0.25) is 0 Å². The Balaban J connectivity index is 2.87. The molecule has 0 aliphatic carbocycles. The monoisotopic (exact) mass is 267 g/mol. The Hall–Kier alpha value is -2.24. The number of amides is 1. The van der Waals surface area contributed by atoms with Crippen molar-refractivity contribution >= 4 is 11.9 Å². The molecule has 1 unspecified atom stereocenters. The van der Waals surface area contributed by atoms with Crippen LogP contribution in [0.25, 0.3) is 0 Å². The van der Waals surface area contributed by atoms with E-state index in [1.54, 1.807) is 13.8 Å². The lowest BCUT2D eigenvalue weighted by atomic mass is 10.0. The van der Waals surface area contributed by atoms with Gasteiger partial charge < -0.3 is 20.3 Å². The molecule has 0 aromatic heterocycles. The van der Waals surface area contributed by atoms with Crippen LogP contribution in [0, 0.1) is 5.92 Å². The molecule has 0 fully saturated rings. The molecular weight excluding hydrogens is 250 g/mol. The van der Waals surface area contributed by atoms with Crippen LogP contribution in [0.2, 0.25) is 0 Å². The highest BCUT2D eigenvalue weighted by Crippen LogP contribution is 2.24. The summed E-state index contributed by atoms with van der Waals surface area (Å²) in [6.07, 6.45) is 0. The van der Waals surface area contributed by atoms with E-state index >= 15 is 0 Å². The molecule has 1 rings (SSSR count). The van der Waals surface area contributed by atoms with E-state index in [1.165, 1.54) is 19.2 Å². The molecule has 1 atom stereocenters. The molecule has 1 aromatic carbocycles. The summed E-state index contributed by atoms with van der Waals surface area (Å²) in [7, 11) is 1.25. The highest BCUT2D eigenvalue weighted by molar-refractivity contribution is 5.97. The number of ether oxygens (including phenoxy) is 1. The van der Waals surface area contributed by atoms with Crippen LogP contribution in [0.1, 0.15) is 24.2 Å². The number of nitrogens with one attached hydrogen (secondary N) is 1. The number of hydrogen-bond donors (Lipinski definition) is 3. The van der Waals surface area contributed by atoms with Crippen molar-refractivity contribution in [3.05, 3.63) is 23.8 Å². The van der Waals surface area contributed by atoms with Gasteiger partial charge >= 0.3 is 5.97 Å². The second kappa shape index (κ2) is 6.08. The molecule has 1 aromatic rings. The van der Waals surface area contributed by atoms with Crippen LogP contribution >= 0.6 is 0 Å². The molecule has 0 spiro atoms. The lowest BCUT2D eigenvalue weighted by Crippen LogP contribution is -2.45. The Morgan fingerprint density at radius 3 is 2.32 bits per heavy atom. The predicted octanol–water partition coefficient (Wildman–Crippen LogP) is 1.03. The lowest BCUT2D eigenvalue weighted by Gasteiger charge is -2.19. The van der Waals surface area contributed by atoms with Crippen molar-refractivity contribution in [2.45, 2.75) is 19.9 Å². The van der Waals surface area contributed by atoms with Crippen molar-refractivity contribution < 1.29 is 24.5 Å². The minimum Gasteiger partial charge on any atom is -0.504 e. The second-order valence-electron chi connectivity index (χ2n) is 4.42. The second-order valence-corrected chi connectivity index (χ2v) is 4.42. The maximum absolute atomic E-state index is 11.9. The van der Waals surface area contributed by atoms with Gasteiger partial charge in [0.25, 0.3) is 5.91 Å². The normalized spacial score (nSPS) is 12.0. The van der Waals surface area contributed by atoms with Gasteiger partial charge in [0, 0.05) is 5.56 Å². The smallest absolute Gasteiger partial charge is 0.328 e. The largest absolute Gasteiger partial charge is 0.504 e. The van der Waals surface area contributed by atoms with Crippen molar-refractivity contribution in [3.8, 4) is 11.5 Å². The third kappa shape index (κ3) is 3.61. The Kier molecular flexibility index (Phi) is 4.74. The van der Waals surface area contributed by atoms with E-state index in [2.05, 4.69) is 10.1 Å². The van der Waals surface area contributed by atoms with Gasteiger partial charge in [-0.05, 0) is 24.1 Å². The zero-order valence-electron chi connectivity index (χ0n) is 11.0. The number of phenolic OH excluding ortho intramolecular Hbond substituents is 2. The molecule has 19 heavy (non-hydrogen) atoms. The van der Waals surface area contributed by atoms with E-state index in [9.17, 15) is 14.7 Å². The zero-order chi connectivity index (χ0) is 14.6. The number of esters is 1. The predicted molar refractivity (Wildman–Crippen MR) is 67.9 cm³/mol.